The van der Waals surface area contributed by atoms with Crippen molar-refractivity contribution < 1.29 is 58.2 Å². The Kier molecular flexibility index (Phi) is 10.4. The van der Waals surface area contributed by atoms with Crippen molar-refractivity contribution in [3.8, 4) is 23.0 Å². The van der Waals surface area contributed by atoms with Crippen LogP contribution in [0.5, 0.6) is 23.0 Å². The van der Waals surface area contributed by atoms with E-state index in [-0.39, 0.29) is 56.4 Å². The Morgan fingerprint density at radius 2 is 1.10 bits per heavy atom. The number of carboxylic acid groups (broad SMARTS) is 1. The van der Waals surface area contributed by atoms with Gasteiger partial charge in [-0.2, -0.15) is 0 Å². The zero-order chi connectivity index (χ0) is 38.4. The number of ketones is 1. The van der Waals surface area contributed by atoms with Crippen LogP contribution in [0.4, 0.5) is 0 Å². The van der Waals surface area contributed by atoms with E-state index in [1.54, 1.807) is 48.5 Å². The van der Waals surface area contributed by atoms with Gasteiger partial charge in [0.05, 0.1) is 18.2 Å². The lowest BCUT2D eigenvalue weighted by atomic mass is 9.87. The van der Waals surface area contributed by atoms with Crippen molar-refractivity contribution in [1.82, 2.24) is 0 Å². The molecule has 1 aliphatic carbocycles. The summed E-state index contributed by atoms with van der Waals surface area (Å²) < 4.78 is 22.2. The van der Waals surface area contributed by atoms with Crippen molar-refractivity contribution in [2.45, 2.75) is 74.8 Å². The van der Waals surface area contributed by atoms with E-state index >= 15 is 0 Å². The number of carboxylic acids is 1. The maximum Gasteiger partial charge on any atom is 0.356 e. The van der Waals surface area contributed by atoms with Crippen LogP contribution in [-0.2, 0) is 14.3 Å². The van der Waals surface area contributed by atoms with E-state index in [4.69, 9.17) is 18.9 Å². The van der Waals surface area contributed by atoms with Crippen LogP contribution in [0.25, 0.3) is 0 Å². The predicted molar refractivity (Wildman–Crippen MR) is 185 cm³/mol. The number of carbonyl (C=O) groups excluding carboxylic acids is 4. The van der Waals surface area contributed by atoms with Crippen molar-refractivity contribution in [2.24, 2.45) is 0 Å². The minimum absolute atomic E-state index is 0.0118. The smallest absolute Gasteiger partial charge is 0.356 e. The van der Waals surface area contributed by atoms with Crippen LogP contribution >= 0.6 is 0 Å². The number of aliphatic hydroxyl groups is 1. The summed E-state index contributed by atoms with van der Waals surface area (Å²) in [5.41, 5.74) is 1.10. The van der Waals surface area contributed by atoms with Gasteiger partial charge in [0.2, 0.25) is 5.60 Å². The maximum atomic E-state index is 13.6. The largest absolute Gasteiger partial charge is 0.507 e. The lowest BCUT2D eigenvalue weighted by molar-refractivity contribution is -0.151. The second kappa shape index (κ2) is 13.9. The number of phenolic OH excluding ortho intramolecular Hbond substituents is 1. The summed E-state index contributed by atoms with van der Waals surface area (Å²) in [5.74, 6) is -4.94. The molecule has 0 spiro atoms. The van der Waals surface area contributed by atoms with Gasteiger partial charge in [-0.15, -0.1) is 0 Å². The third-order valence-electron chi connectivity index (χ3n) is 9.61. The van der Waals surface area contributed by atoms with Crippen molar-refractivity contribution in [1.29, 1.82) is 0 Å². The fourth-order valence-electron chi connectivity index (χ4n) is 6.18. The van der Waals surface area contributed by atoms with E-state index in [1.807, 2.05) is 0 Å². The summed E-state index contributed by atoms with van der Waals surface area (Å²) in [7, 11) is 1.19. The van der Waals surface area contributed by atoms with Crippen molar-refractivity contribution in [2.75, 3.05) is 7.11 Å². The Morgan fingerprint density at radius 3 is 1.61 bits per heavy atom. The van der Waals surface area contributed by atoms with Crippen LogP contribution in [0.15, 0.2) is 35.6 Å². The number of benzene rings is 3. The van der Waals surface area contributed by atoms with Crippen LogP contribution in [0.1, 0.15) is 88.1 Å². The Bertz CT molecular complexity index is 2100. The van der Waals surface area contributed by atoms with Gasteiger partial charge in [0.1, 0.15) is 34.3 Å². The molecule has 0 saturated heterocycles. The SMILES string of the molecule is COC1=CC(=O)C=C(C)[C@]1(O)C(=O)Oc1c(C)c(C)c(C(=O)Oc2cc(C)c(C(=O)Oc3cc(C)c(C(=O)O)c(C)c3C)c(C)c2C)c(O)c1C. The molecule has 1 aliphatic rings. The Hall–Kier alpha value is -5.75. The molecule has 0 heterocycles. The van der Waals surface area contributed by atoms with Crippen molar-refractivity contribution in [3.05, 3.63) is 102 Å². The van der Waals surface area contributed by atoms with Gasteiger partial charge in [0, 0.05) is 11.6 Å². The third-order valence-corrected chi connectivity index (χ3v) is 9.61. The van der Waals surface area contributed by atoms with E-state index in [0.717, 1.165) is 12.2 Å². The van der Waals surface area contributed by atoms with Crippen LogP contribution in [0.3, 0.4) is 0 Å². The number of aromatic carboxylic acids is 1. The number of esters is 3. The molecular formula is C39H40O12. The second-order valence-electron chi connectivity index (χ2n) is 12.7. The quantitative estimate of drug-likeness (QED) is 0.184. The molecule has 0 bridgehead atoms. The second-order valence-corrected chi connectivity index (χ2v) is 12.7. The molecule has 51 heavy (non-hydrogen) atoms. The lowest BCUT2D eigenvalue weighted by Crippen LogP contribution is -2.47. The fourth-order valence-corrected chi connectivity index (χ4v) is 6.18. The normalized spacial score (nSPS) is 15.5. The number of carbonyl (C=O) groups is 5. The Morgan fingerprint density at radius 1 is 0.627 bits per heavy atom. The minimum atomic E-state index is -2.41. The van der Waals surface area contributed by atoms with Gasteiger partial charge in [-0.05, 0) is 138 Å². The number of hydrogen-bond donors (Lipinski definition) is 3. The molecule has 3 N–H and O–H groups in total. The lowest BCUT2D eigenvalue weighted by Gasteiger charge is -2.30. The number of allylic oxidation sites excluding steroid dienone is 2. The van der Waals surface area contributed by atoms with Crippen LogP contribution in [0, 0.1) is 62.3 Å². The minimum Gasteiger partial charge on any atom is -0.507 e. The summed E-state index contributed by atoms with van der Waals surface area (Å²) in [6.07, 6.45) is 2.05. The molecule has 0 amide bonds. The molecule has 0 fully saturated rings. The summed E-state index contributed by atoms with van der Waals surface area (Å²) >= 11 is 0. The molecule has 3 aromatic carbocycles. The highest BCUT2D eigenvalue weighted by Crippen LogP contribution is 2.41. The third kappa shape index (κ3) is 6.50. The van der Waals surface area contributed by atoms with Gasteiger partial charge in [-0.3, -0.25) is 4.79 Å². The van der Waals surface area contributed by atoms with Gasteiger partial charge in [-0.25, -0.2) is 19.2 Å². The average Bonchev–Trinajstić information content (AvgIpc) is 3.04. The molecule has 0 saturated carbocycles. The molecule has 0 aliphatic heterocycles. The van der Waals surface area contributed by atoms with Gasteiger partial charge < -0.3 is 34.3 Å². The fraction of sp³-hybridized carbons (Fsp3) is 0.308. The molecule has 268 valence electrons. The predicted octanol–water partition coefficient (Wildman–Crippen LogP) is 6.00. The topological polar surface area (TPSA) is 183 Å². The first-order valence-corrected chi connectivity index (χ1v) is 15.8. The van der Waals surface area contributed by atoms with E-state index < -0.39 is 41.0 Å². The highest BCUT2D eigenvalue weighted by atomic mass is 16.6. The first-order chi connectivity index (χ1) is 23.7. The molecule has 0 aromatic heterocycles. The standard InChI is InChI=1S/C39H40O12/c1-16-12-27(19(4)21(6)30(16)35(42)43)49-36(44)31-17(2)13-28(20(5)22(31)7)50-37(45)32-23(8)24(9)34(25(10)33(32)41)51-38(46)39(47)18(3)14-26(40)15-29(39)48-11/h12-15,41,47H,1-11H3,(H,42,43)/t39-/m1/s1. The molecular weight excluding hydrogens is 660 g/mol. The van der Waals surface area contributed by atoms with Gasteiger partial charge >= 0.3 is 23.9 Å². The average molecular weight is 701 g/mol. The van der Waals surface area contributed by atoms with Gasteiger partial charge in [-0.1, -0.05) is 0 Å². The first-order valence-electron chi connectivity index (χ1n) is 15.8. The van der Waals surface area contributed by atoms with Gasteiger partial charge in [0.15, 0.2) is 5.78 Å². The van der Waals surface area contributed by atoms with Crippen molar-refractivity contribution >= 4 is 29.7 Å². The molecule has 3 aromatic rings. The number of phenols is 1. The highest BCUT2D eigenvalue weighted by molar-refractivity contribution is 6.06. The monoisotopic (exact) mass is 700 g/mol. The molecule has 1 atom stereocenters. The zero-order valence-corrected chi connectivity index (χ0v) is 30.3. The van der Waals surface area contributed by atoms with Gasteiger partial charge in [0.25, 0.3) is 0 Å². The molecule has 4 rings (SSSR count). The van der Waals surface area contributed by atoms with Crippen LogP contribution in [0.2, 0.25) is 0 Å². The number of hydrogen-bond acceptors (Lipinski definition) is 11. The maximum absolute atomic E-state index is 13.6. The summed E-state index contributed by atoms with van der Waals surface area (Å²) in [5, 5.41) is 32.0. The molecule has 12 nitrogen and oxygen atoms in total. The molecule has 0 radical (unpaired) electrons. The van der Waals surface area contributed by atoms with Crippen molar-refractivity contribution in [3.63, 3.8) is 0 Å². The summed E-state index contributed by atoms with van der Waals surface area (Å²) in [6, 6.07) is 3.01. The van der Waals surface area contributed by atoms with E-state index in [9.17, 15) is 39.3 Å². The first kappa shape index (κ1) is 38.1. The summed E-state index contributed by atoms with van der Waals surface area (Å²) in [4.78, 5) is 64.1. The van der Waals surface area contributed by atoms with Crippen LogP contribution < -0.4 is 14.2 Å². The van der Waals surface area contributed by atoms with Crippen LogP contribution in [-0.4, -0.2) is 57.7 Å². The number of aromatic hydroxyl groups is 1. The summed E-state index contributed by atoms with van der Waals surface area (Å²) in [6.45, 7) is 15.8. The van der Waals surface area contributed by atoms with E-state index in [0.29, 0.717) is 38.9 Å². The Balaban J connectivity index is 1.65. The number of methoxy groups -OCH3 is 1. The number of aryl methyl sites for hydroxylation is 2. The van der Waals surface area contributed by atoms with E-state index in [2.05, 4.69) is 0 Å². The van der Waals surface area contributed by atoms with E-state index in [1.165, 1.54) is 40.0 Å². The Labute approximate surface area is 294 Å². The zero-order valence-electron chi connectivity index (χ0n) is 30.3. The molecule has 0 unspecified atom stereocenters. The number of rotatable bonds is 8. The molecule has 12 heteroatoms. The number of ether oxygens (including phenoxy) is 4. The highest BCUT2D eigenvalue weighted by Gasteiger charge is 2.48.